The van der Waals surface area contributed by atoms with Gasteiger partial charge in [0, 0.05) is 24.7 Å². The minimum atomic E-state index is -0.357. The standard InChI is InChI=1S/C18H22N2O3/c1-14(11-15-7-9-18(23-3)10-8-15)19(2)13-16-5-4-6-17(12-16)20(21)22/h4-10,12,14H,11,13H2,1-3H3. The summed E-state index contributed by atoms with van der Waals surface area (Å²) in [5.74, 6) is 0.853. The van der Waals surface area contributed by atoms with Crippen LogP contribution < -0.4 is 4.74 Å². The van der Waals surface area contributed by atoms with Crippen molar-refractivity contribution in [2.45, 2.75) is 25.9 Å². The largest absolute Gasteiger partial charge is 0.497 e. The minimum Gasteiger partial charge on any atom is -0.497 e. The van der Waals surface area contributed by atoms with Crippen molar-refractivity contribution >= 4 is 5.69 Å². The van der Waals surface area contributed by atoms with Gasteiger partial charge in [0.2, 0.25) is 0 Å². The molecule has 0 amide bonds. The molecule has 1 atom stereocenters. The van der Waals surface area contributed by atoms with E-state index >= 15 is 0 Å². The zero-order chi connectivity index (χ0) is 16.8. The lowest BCUT2D eigenvalue weighted by atomic mass is 10.1. The van der Waals surface area contributed by atoms with Gasteiger partial charge in [-0.25, -0.2) is 0 Å². The average molecular weight is 314 g/mol. The van der Waals surface area contributed by atoms with Gasteiger partial charge in [0.05, 0.1) is 12.0 Å². The molecule has 1 unspecified atom stereocenters. The first-order chi connectivity index (χ1) is 11.0. The molecular weight excluding hydrogens is 292 g/mol. The van der Waals surface area contributed by atoms with Crippen LogP contribution in [0.4, 0.5) is 5.69 Å². The predicted octanol–water partition coefficient (Wildman–Crippen LogP) is 3.67. The first-order valence-electron chi connectivity index (χ1n) is 7.56. The van der Waals surface area contributed by atoms with Crippen LogP contribution >= 0.6 is 0 Å². The third kappa shape index (κ3) is 4.79. The van der Waals surface area contributed by atoms with Gasteiger partial charge in [0.25, 0.3) is 5.69 Å². The molecule has 0 bridgehead atoms. The van der Waals surface area contributed by atoms with Gasteiger partial charge in [-0.15, -0.1) is 0 Å². The van der Waals surface area contributed by atoms with E-state index in [0.717, 1.165) is 17.7 Å². The molecular formula is C18H22N2O3. The summed E-state index contributed by atoms with van der Waals surface area (Å²) >= 11 is 0. The molecule has 5 nitrogen and oxygen atoms in total. The van der Waals surface area contributed by atoms with Crippen molar-refractivity contribution in [3.63, 3.8) is 0 Å². The highest BCUT2D eigenvalue weighted by Gasteiger charge is 2.12. The molecule has 0 aliphatic carbocycles. The van der Waals surface area contributed by atoms with Gasteiger partial charge in [-0.3, -0.25) is 15.0 Å². The molecule has 0 saturated heterocycles. The lowest BCUT2D eigenvalue weighted by molar-refractivity contribution is -0.384. The van der Waals surface area contributed by atoms with E-state index < -0.39 is 0 Å². The second kappa shape index (κ2) is 7.74. The van der Waals surface area contributed by atoms with Gasteiger partial charge in [-0.05, 0) is 43.7 Å². The summed E-state index contributed by atoms with van der Waals surface area (Å²) in [6, 6.07) is 15.2. The Morgan fingerprint density at radius 2 is 1.87 bits per heavy atom. The monoisotopic (exact) mass is 314 g/mol. The van der Waals surface area contributed by atoms with E-state index in [0.29, 0.717) is 12.6 Å². The SMILES string of the molecule is COc1ccc(CC(C)N(C)Cc2cccc([N+](=O)[O-])c2)cc1. The van der Waals surface area contributed by atoms with Crippen LogP contribution in [0.3, 0.4) is 0 Å². The van der Waals surface area contributed by atoms with Crippen LogP contribution in [0.25, 0.3) is 0 Å². The molecule has 0 aromatic heterocycles. The fraction of sp³-hybridized carbons (Fsp3) is 0.333. The van der Waals surface area contributed by atoms with E-state index in [1.54, 1.807) is 19.2 Å². The predicted molar refractivity (Wildman–Crippen MR) is 90.7 cm³/mol. The maximum Gasteiger partial charge on any atom is 0.269 e. The number of hydrogen-bond donors (Lipinski definition) is 0. The summed E-state index contributed by atoms with van der Waals surface area (Å²) in [4.78, 5) is 12.7. The molecule has 0 spiro atoms. The van der Waals surface area contributed by atoms with Crippen molar-refractivity contribution in [2.24, 2.45) is 0 Å². The Bertz CT molecular complexity index is 656. The van der Waals surface area contributed by atoms with Gasteiger partial charge < -0.3 is 4.74 Å². The normalized spacial score (nSPS) is 12.2. The van der Waals surface area contributed by atoms with Crippen molar-refractivity contribution in [1.82, 2.24) is 4.90 Å². The molecule has 5 heteroatoms. The highest BCUT2D eigenvalue weighted by Crippen LogP contribution is 2.17. The Hall–Kier alpha value is -2.40. The van der Waals surface area contributed by atoms with Crippen LogP contribution in [-0.4, -0.2) is 30.0 Å². The van der Waals surface area contributed by atoms with E-state index in [1.165, 1.54) is 11.6 Å². The number of ether oxygens (including phenoxy) is 1. The Labute approximate surface area is 136 Å². The van der Waals surface area contributed by atoms with E-state index in [9.17, 15) is 10.1 Å². The quantitative estimate of drug-likeness (QED) is 0.578. The highest BCUT2D eigenvalue weighted by atomic mass is 16.6. The number of nitro benzene ring substituents is 1. The molecule has 2 rings (SSSR count). The number of nitro groups is 1. The number of likely N-dealkylation sites (N-methyl/N-ethyl adjacent to an activating group) is 1. The number of benzene rings is 2. The number of non-ortho nitro benzene ring substituents is 1. The van der Waals surface area contributed by atoms with Crippen LogP contribution in [0.15, 0.2) is 48.5 Å². The summed E-state index contributed by atoms with van der Waals surface area (Å²) in [6.07, 6.45) is 0.912. The summed E-state index contributed by atoms with van der Waals surface area (Å²) in [5.41, 5.74) is 2.33. The smallest absolute Gasteiger partial charge is 0.269 e. The molecule has 0 heterocycles. The number of hydrogen-bond acceptors (Lipinski definition) is 4. The van der Waals surface area contributed by atoms with Gasteiger partial charge >= 0.3 is 0 Å². The molecule has 2 aromatic rings. The van der Waals surface area contributed by atoms with Gasteiger partial charge in [0.1, 0.15) is 5.75 Å². The van der Waals surface area contributed by atoms with E-state index in [4.69, 9.17) is 4.74 Å². The average Bonchev–Trinajstić information content (AvgIpc) is 2.55. The molecule has 0 aliphatic heterocycles. The fourth-order valence-electron chi connectivity index (χ4n) is 2.47. The summed E-state index contributed by atoms with van der Waals surface area (Å²) in [7, 11) is 3.69. The lowest BCUT2D eigenvalue weighted by Gasteiger charge is -2.25. The second-order valence-electron chi connectivity index (χ2n) is 5.74. The third-order valence-corrected chi connectivity index (χ3v) is 4.00. The van der Waals surface area contributed by atoms with Crippen LogP contribution in [0.5, 0.6) is 5.75 Å². The van der Waals surface area contributed by atoms with Crippen LogP contribution in [0, 0.1) is 10.1 Å². The first-order valence-corrected chi connectivity index (χ1v) is 7.56. The van der Waals surface area contributed by atoms with Crippen LogP contribution in [-0.2, 0) is 13.0 Å². The first kappa shape index (κ1) is 17.0. The summed E-state index contributed by atoms with van der Waals surface area (Å²) in [5, 5.41) is 10.8. The number of rotatable bonds is 7. The zero-order valence-corrected chi connectivity index (χ0v) is 13.7. The molecule has 0 radical (unpaired) electrons. The molecule has 2 aromatic carbocycles. The van der Waals surface area contributed by atoms with Crippen molar-refractivity contribution in [3.8, 4) is 5.75 Å². The van der Waals surface area contributed by atoms with Crippen molar-refractivity contribution < 1.29 is 9.66 Å². The Morgan fingerprint density at radius 1 is 1.17 bits per heavy atom. The minimum absolute atomic E-state index is 0.138. The van der Waals surface area contributed by atoms with Gasteiger partial charge in [0.15, 0.2) is 0 Å². The number of methoxy groups -OCH3 is 1. The maximum atomic E-state index is 10.8. The number of nitrogens with zero attached hydrogens (tertiary/aromatic N) is 2. The van der Waals surface area contributed by atoms with Crippen LogP contribution in [0.2, 0.25) is 0 Å². The maximum absolute atomic E-state index is 10.8. The van der Waals surface area contributed by atoms with Gasteiger partial charge in [-0.1, -0.05) is 24.3 Å². The van der Waals surface area contributed by atoms with E-state index in [1.807, 2.05) is 25.2 Å². The Kier molecular flexibility index (Phi) is 5.71. The third-order valence-electron chi connectivity index (χ3n) is 4.00. The lowest BCUT2D eigenvalue weighted by Crippen LogP contribution is -2.30. The molecule has 23 heavy (non-hydrogen) atoms. The fourth-order valence-corrected chi connectivity index (χ4v) is 2.47. The highest BCUT2D eigenvalue weighted by molar-refractivity contribution is 5.34. The van der Waals surface area contributed by atoms with Gasteiger partial charge in [-0.2, -0.15) is 0 Å². The topological polar surface area (TPSA) is 55.6 Å². The molecule has 122 valence electrons. The summed E-state index contributed by atoms with van der Waals surface area (Å²) in [6.45, 7) is 2.83. The zero-order valence-electron chi connectivity index (χ0n) is 13.7. The van der Waals surface area contributed by atoms with Crippen LogP contribution in [0.1, 0.15) is 18.1 Å². The Morgan fingerprint density at radius 3 is 2.48 bits per heavy atom. The molecule has 0 aliphatic rings. The van der Waals surface area contributed by atoms with Crippen molar-refractivity contribution in [3.05, 3.63) is 69.8 Å². The second-order valence-corrected chi connectivity index (χ2v) is 5.74. The molecule has 0 N–H and O–H groups in total. The van der Waals surface area contributed by atoms with E-state index in [2.05, 4.69) is 24.0 Å². The molecule has 0 fully saturated rings. The van der Waals surface area contributed by atoms with Crippen molar-refractivity contribution in [1.29, 1.82) is 0 Å². The van der Waals surface area contributed by atoms with E-state index in [-0.39, 0.29) is 10.6 Å². The summed E-state index contributed by atoms with van der Waals surface area (Å²) < 4.78 is 5.17. The molecule has 0 saturated carbocycles. The van der Waals surface area contributed by atoms with Crippen molar-refractivity contribution in [2.75, 3.05) is 14.2 Å². The Balaban J connectivity index is 1.97.